The summed E-state index contributed by atoms with van der Waals surface area (Å²) in [6.45, 7) is 4.73. The summed E-state index contributed by atoms with van der Waals surface area (Å²) in [6.07, 6.45) is 6.59. The summed E-state index contributed by atoms with van der Waals surface area (Å²) in [6, 6.07) is 0. The monoisotopic (exact) mass is 209 g/mol. The highest BCUT2D eigenvalue weighted by Gasteiger charge is 2.14. The SMILES string of the molecule is CCC(CC)C(O)CNc1cnccn1. The van der Waals surface area contributed by atoms with Crippen LogP contribution in [0.3, 0.4) is 0 Å². The fourth-order valence-electron chi connectivity index (χ4n) is 1.60. The molecule has 0 saturated heterocycles. The molecule has 0 bridgehead atoms. The van der Waals surface area contributed by atoms with E-state index >= 15 is 0 Å². The second-order valence-corrected chi connectivity index (χ2v) is 3.62. The lowest BCUT2D eigenvalue weighted by molar-refractivity contribution is 0.114. The summed E-state index contributed by atoms with van der Waals surface area (Å²) in [5, 5.41) is 12.9. The van der Waals surface area contributed by atoms with Crippen LogP contribution in [-0.4, -0.2) is 27.7 Å². The molecular formula is C11H19N3O. The van der Waals surface area contributed by atoms with E-state index in [1.165, 1.54) is 0 Å². The Morgan fingerprint density at radius 1 is 1.33 bits per heavy atom. The van der Waals surface area contributed by atoms with Crippen LogP contribution in [0.4, 0.5) is 5.82 Å². The first-order chi connectivity index (χ1) is 7.27. The van der Waals surface area contributed by atoms with E-state index in [1.807, 2.05) is 0 Å². The summed E-state index contributed by atoms with van der Waals surface area (Å²) >= 11 is 0. The van der Waals surface area contributed by atoms with Gasteiger partial charge in [-0.3, -0.25) is 4.98 Å². The molecule has 1 atom stereocenters. The normalized spacial score (nSPS) is 12.8. The number of nitrogens with zero attached hydrogens (tertiary/aromatic N) is 2. The third-order valence-electron chi connectivity index (χ3n) is 2.65. The zero-order valence-electron chi connectivity index (χ0n) is 9.35. The van der Waals surface area contributed by atoms with Gasteiger partial charge in [-0.05, 0) is 5.92 Å². The van der Waals surface area contributed by atoms with Crippen LogP contribution in [-0.2, 0) is 0 Å². The van der Waals surface area contributed by atoms with Gasteiger partial charge >= 0.3 is 0 Å². The standard InChI is InChI=1S/C11H19N3O/c1-3-9(4-2)10(15)7-14-11-8-12-5-6-13-11/h5-6,8-10,15H,3-4,7H2,1-2H3,(H,13,14). The van der Waals surface area contributed by atoms with Crippen LogP contribution in [0.15, 0.2) is 18.6 Å². The van der Waals surface area contributed by atoms with Crippen molar-refractivity contribution in [2.24, 2.45) is 5.92 Å². The highest BCUT2D eigenvalue weighted by atomic mass is 16.3. The summed E-state index contributed by atoms with van der Waals surface area (Å²) in [7, 11) is 0. The Labute approximate surface area is 90.8 Å². The first-order valence-electron chi connectivity index (χ1n) is 5.45. The second kappa shape index (κ2) is 6.35. The van der Waals surface area contributed by atoms with Crippen LogP contribution >= 0.6 is 0 Å². The van der Waals surface area contributed by atoms with E-state index in [4.69, 9.17) is 0 Å². The largest absolute Gasteiger partial charge is 0.391 e. The summed E-state index contributed by atoms with van der Waals surface area (Å²) < 4.78 is 0. The minimum Gasteiger partial charge on any atom is -0.391 e. The zero-order valence-corrected chi connectivity index (χ0v) is 9.35. The maximum absolute atomic E-state index is 9.86. The predicted molar refractivity (Wildman–Crippen MR) is 60.6 cm³/mol. The molecule has 0 amide bonds. The topological polar surface area (TPSA) is 58.0 Å². The lowest BCUT2D eigenvalue weighted by atomic mass is 9.97. The molecule has 0 fully saturated rings. The highest BCUT2D eigenvalue weighted by molar-refractivity contribution is 5.29. The van der Waals surface area contributed by atoms with E-state index in [0.29, 0.717) is 18.3 Å². The van der Waals surface area contributed by atoms with Crippen molar-refractivity contribution in [2.75, 3.05) is 11.9 Å². The van der Waals surface area contributed by atoms with E-state index in [9.17, 15) is 5.11 Å². The number of rotatable bonds is 6. The van der Waals surface area contributed by atoms with E-state index < -0.39 is 0 Å². The Hall–Kier alpha value is -1.16. The summed E-state index contributed by atoms with van der Waals surface area (Å²) in [5.41, 5.74) is 0. The molecular weight excluding hydrogens is 190 g/mol. The number of anilines is 1. The number of hydrogen-bond donors (Lipinski definition) is 2. The van der Waals surface area contributed by atoms with Crippen molar-refractivity contribution in [2.45, 2.75) is 32.8 Å². The van der Waals surface area contributed by atoms with Crippen molar-refractivity contribution in [3.05, 3.63) is 18.6 Å². The van der Waals surface area contributed by atoms with Crippen molar-refractivity contribution < 1.29 is 5.11 Å². The van der Waals surface area contributed by atoms with Crippen LogP contribution in [0.1, 0.15) is 26.7 Å². The van der Waals surface area contributed by atoms with E-state index in [1.54, 1.807) is 18.6 Å². The summed E-state index contributed by atoms with van der Waals surface area (Å²) in [5.74, 6) is 1.07. The molecule has 0 spiro atoms. The van der Waals surface area contributed by atoms with Crippen molar-refractivity contribution in [1.29, 1.82) is 0 Å². The quantitative estimate of drug-likeness (QED) is 0.748. The maximum atomic E-state index is 9.86. The highest BCUT2D eigenvalue weighted by Crippen LogP contribution is 2.13. The van der Waals surface area contributed by atoms with Crippen molar-refractivity contribution in [3.63, 3.8) is 0 Å². The van der Waals surface area contributed by atoms with Gasteiger partial charge in [-0.1, -0.05) is 26.7 Å². The molecule has 84 valence electrons. The Kier molecular flexibility index (Phi) is 5.04. The molecule has 0 aromatic carbocycles. The predicted octanol–water partition coefficient (Wildman–Crippen LogP) is 1.69. The zero-order chi connectivity index (χ0) is 11.1. The van der Waals surface area contributed by atoms with Gasteiger partial charge in [0, 0.05) is 18.9 Å². The van der Waals surface area contributed by atoms with Gasteiger partial charge in [-0.25, -0.2) is 4.98 Å². The maximum Gasteiger partial charge on any atom is 0.144 e. The molecule has 1 unspecified atom stereocenters. The fourth-order valence-corrected chi connectivity index (χ4v) is 1.60. The van der Waals surface area contributed by atoms with Crippen LogP contribution in [0, 0.1) is 5.92 Å². The average molecular weight is 209 g/mol. The molecule has 15 heavy (non-hydrogen) atoms. The lowest BCUT2D eigenvalue weighted by Crippen LogP contribution is -2.27. The van der Waals surface area contributed by atoms with Crippen LogP contribution < -0.4 is 5.32 Å². The lowest BCUT2D eigenvalue weighted by Gasteiger charge is -2.20. The number of nitrogens with one attached hydrogen (secondary N) is 1. The Morgan fingerprint density at radius 3 is 2.60 bits per heavy atom. The molecule has 0 aliphatic heterocycles. The second-order valence-electron chi connectivity index (χ2n) is 3.62. The molecule has 0 aliphatic carbocycles. The van der Waals surface area contributed by atoms with Gasteiger partial charge < -0.3 is 10.4 Å². The van der Waals surface area contributed by atoms with Crippen LogP contribution in [0.25, 0.3) is 0 Å². The van der Waals surface area contributed by atoms with Crippen molar-refractivity contribution in [3.8, 4) is 0 Å². The molecule has 0 radical (unpaired) electrons. The Morgan fingerprint density at radius 2 is 2.07 bits per heavy atom. The number of hydrogen-bond acceptors (Lipinski definition) is 4. The molecule has 0 saturated carbocycles. The average Bonchev–Trinajstić information content (AvgIpc) is 2.29. The number of aromatic nitrogens is 2. The van der Waals surface area contributed by atoms with Crippen molar-refractivity contribution >= 4 is 5.82 Å². The molecule has 4 heteroatoms. The van der Waals surface area contributed by atoms with Gasteiger partial charge in [0.05, 0.1) is 12.3 Å². The van der Waals surface area contributed by atoms with Gasteiger partial charge in [0.15, 0.2) is 0 Å². The van der Waals surface area contributed by atoms with Gasteiger partial charge in [-0.15, -0.1) is 0 Å². The van der Waals surface area contributed by atoms with Gasteiger partial charge in [0.25, 0.3) is 0 Å². The first kappa shape index (κ1) is 11.9. The van der Waals surface area contributed by atoms with Crippen LogP contribution in [0.5, 0.6) is 0 Å². The molecule has 0 aliphatic rings. The van der Waals surface area contributed by atoms with Gasteiger partial charge in [0.2, 0.25) is 0 Å². The molecule has 4 nitrogen and oxygen atoms in total. The van der Waals surface area contributed by atoms with Crippen molar-refractivity contribution in [1.82, 2.24) is 9.97 Å². The first-order valence-corrected chi connectivity index (χ1v) is 5.45. The Bertz CT molecular complexity index is 262. The fraction of sp³-hybridized carbons (Fsp3) is 0.636. The van der Waals surface area contributed by atoms with E-state index in [-0.39, 0.29) is 6.10 Å². The smallest absolute Gasteiger partial charge is 0.144 e. The van der Waals surface area contributed by atoms with Gasteiger partial charge in [0.1, 0.15) is 5.82 Å². The summed E-state index contributed by atoms with van der Waals surface area (Å²) in [4.78, 5) is 8.02. The molecule has 1 heterocycles. The third kappa shape index (κ3) is 3.83. The molecule has 1 aromatic rings. The molecule has 1 aromatic heterocycles. The van der Waals surface area contributed by atoms with E-state index in [0.717, 1.165) is 12.8 Å². The Balaban J connectivity index is 2.36. The number of aliphatic hydroxyl groups is 1. The van der Waals surface area contributed by atoms with Crippen LogP contribution in [0.2, 0.25) is 0 Å². The minimum atomic E-state index is -0.318. The number of aliphatic hydroxyl groups excluding tert-OH is 1. The minimum absolute atomic E-state index is 0.318. The van der Waals surface area contributed by atoms with Gasteiger partial charge in [-0.2, -0.15) is 0 Å². The third-order valence-corrected chi connectivity index (χ3v) is 2.65. The molecule has 2 N–H and O–H groups in total. The van der Waals surface area contributed by atoms with E-state index in [2.05, 4.69) is 29.1 Å². The molecule has 1 rings (SSSR count).